The van der Waals surface area contributed by atoms with Crippen LogP contribution in [0.2, 0.25) is 0 Å². The first-order valence-corrected chi connectivity index (χ1v) is 7.79. The van der Waals surface area contributed by atoms with Crippen LogP contribution in [0.15, 0.2) is 33.8 Å². The summed E-state index contributed by atoms with van der Waals surface area (Å²) in [7, 11) is -4.06. The second-order valence-electron chi connectivity index (χ2n) is 4.14. The summed E-state index contributed by atoms with van der Waals surface area (Å²) in [5.41, 5.74) is -0.461. The zero-order valence-corrected chi connectivity index (χ0v) is 12.9. The quantitative estimate of drug-likeness (QED) is 0.853. The molecule has 2 N–H and O–H groups in total. The Balaban J connectivity index is 2.34. The molecule has 10 heteroatoms. The molecule has 1 heterocycles. The van der Waals surface area contributed by atoms with Gasteiger partial charge in [-0.1, -0.05) is 12.1 Å². The molecule has 0 fully saturated rings. The number of imidazole rings is 1. The Morgan fingerprint density at radius 3 is 2.57 bits per heavy atom. The lowest BCUT2D eigenvalue weighted by Gasteiger charge is -2.09. The Bertz CT molecular complexity index is 771. The Hall–Kier alpha value is -1.55. The lowest BCUT2D eigenvalue weighted by molar-refractivity contribution is -0.140. The predicted molar refractivity (Wildman–Crippen MR) is 73.3 cm³/mol. The predicted octanol–water partition coefficient (Wildman–Crippen LogP) is 3.30. The minimum atomic E-state index is -4.62. The number of nitrogens with one attached hydrogen (secondary N) is 2. The molecule has 2 rings (SSSR count). The average molecular weight is 384 g/mol. The Morgan fingerprint density at radius 2 is 2.00 bits per heavy atom. The van der Waals surface area contributed by atoms with Gasteiger partial charge in [-0.25, -0.2) is 18.1 Å². The lowest BCUT2D eigenvalue weighted by Crippen LogP contribution is -2.15. The second kappa shape index (κ2) is 5.34. The fraction of sp³-hybridized carbons (Fsp3) is 0.182. The van der Waals surface area contributed by atoms with E-state index >= 15 is 0 Å². The maximum Gasteiger partial charge on any atom is 0.432 e. The fourth-order valence-corrected chi connectivity index (χ4v) is 3.55. The van der Waals surface area contributed by atoms with Crippen molar-refractivity contribution < 1.29 is 21.6 Å². The van der Waals surface area contributed by atoms with Gasteiger partial charge in [0.2, 0.25) is 5.95 Å². The monoisotopic (exact) mass is 383 g/mol. The number of aromatic amines is 1. The largest absolute Gasteiger partial charge is 0.432 e. The minimum absolute atomic E-state index is 0.0903. The number of halogens is 4. The lowest BCUT2D eigenvalue weighted by atomic mass is 10.2. The van der Waals surface area contributed by atoms with Gasteiger partial charge >= 0.3 is 6.18 Å². The van der Waals surface area contributed by atoms with Crippen LogP contribution < -0.4 is 4.72 Å². The third-order valence-electron chi connectivity index (χ3n) is 2.56. The van der Waals surface area contributed by atoms with Crippen molar-refractivity contribution in [3.8, 4) is 0 Å². The summed E-state index contributed by atoms with van der Waals surface area (Å²) in [4.78, 5) is 5.15. The molecule has 21 heavy (non-hydrogen) atoms. The summed E-state index contributed by atoms with van der Waals surface area (Å²) in [5, 5.41) is 0. The fourth-order valence-electron chi connectivity index (χ4n) is 1.53. The highest BCUT2D eigenvalue weighted by Crippen LogP contribution is 2.29. The van der Waals surface area contributed by atoms with E-state index in [-0.39, 0.29) is 4.90 Å². The zero-order chi connectivity index (χ0) is 15.8. The maximum absolute atomic E-state index is 12.4. The van der Waals surface area contributed by atoms with Crippen LogP contribution in [0.4, 0.5) is 19.1 Å². The molecule has 0 unspecified atom stereocenters. The number of sulfonamides is 1. The molecule has 0 spiro atoms. The number of alkyl halides is 3. The van der Waals surface area contributed by atoms with Gasteiger partial charge in [0.15, 0.2) is 0 Å². The molecule has 0 bridgehead atoms. The van der Waals surface area contributed by atoms with Crippen LogP contribution in [0.1, 0.15) is 11.3 Å². The van der Waals surface area contributed by atoms with Crippen molar-refractivity contribution in [1.29, 1.82) is 0 Å². The topological polar surface area (TPSA) is 74.8 Å². The molecule has 0 radical (unpaired) electrons. The van der Waals surface area contributed by atoms with E-state index in [9.17, 15) is 21.6 Å². The average Bonchev–Trinajstić information content (AvgIpc) is 2.80. The molecular formula is C11H9BrF3N3O2S. The van der Waals surface area contributed by atoms with E-state index < -0.39 is 27.8 Å². The van der Waals surface area contributed by atoms with E-state index in [1.807, 2.05) is 9.71 Å². The first-order valence-electron chi connectivity index (χ1n) is 5.51. The Kier molecular flexibility index (Phi) is 4.02. The van der Waals surface area contributed by atoms with E-state index in [1.165, 1.54) is 12.1 Å². The van der Waals surface area contributed by atoms with E-state index in [2.05, 4.69) is 20.9 Å². The van der Waals surface area contributed by atoms with Gasteiger partial charge in [-0.15, -0.1) is 0 Å². The number of anilines is 1. The zero-order valence-electron chi connectivity index (χ0n) is 10.5. The first-order chi connectivity index (χ1) is 9.61. The molecule has 1 aromatic carbocycles. The number of nitrogens with zero attached hydrogens (tertiary/aromatic N) is 1. The van der Waals surface area contributed by atoms with Gasteiger partial charge in [0.05, 0.1) is 6.20 Å². The van der Waals surface area contributed by atoms with Crippen LogP contribution in [0, 0.1) is 6.92 Å². The Morgan fingerprint density at radius 1 is 1.33 bits per heavy atom. The van der Waals surface area contributed by atoms with Crippen molar-refractivity contribution >= 4 is 31.9 Å². The molecule has 0 aliphatic rings. The van der Waals surface area contributed by atoms with E-state index in [0.29, 0.717) is 16.2 Å². The number of H-pyrrole nitrogens is 1. The molecule has 0 saturated heterocycles. The van der Waals surface area contributed by atoms with Crippen molar-refractivity contribution in [3.05, 3.63) is 40.1 Å². The molecule has 5 nitrogen and oxygen atoms in total. The van der Waals surface area contributed by atoms with E-state index in [1.54, 1.807) is 13.0 Å². The summed E-state index contributed by atoms with van der Waals surface area (Å²) in [5.74, 6) is -0.504. The Labute approximate surface area is 126 Å². The van der Waals surface area contributed by atoms with Gasteiger partial charge in [-0.2, -0.15) is 13.2 Å². The molecule has 1 aromatic heterocycles. The number of hydrogen-bond acceptors (Lipinski definition) is 3. The summed E-state index contributed by atoms with van der Waals surface area (Å²) in [6.07, 6.45) is -4.11. The second-order valence-corrected chi connectivity index (χ2v) is 6.58. The van der Waals surface area contributed by atoms with Gasteiger partial charge in [0.25, 0.3) is 10.0 Å². The summed E-state index contributed by atoms with van der Waals surface area (Å²) < 4.78 is 63.9. The van der Waals surface area contributed by atoms with Crippen LogP contribution in [-0.4, -0.2) is 18.4 Å². The maximum atomic E-state index is 12.4. The highest BCUT2D eigenvalue weighted by molar-refractivity contribution is 9.10. The van der Waals surface area contributed by atoms with Gasteiger partial charge in [-0.05, 0) is 34.5 Å². The molecule has 0 amide bonds. The standard InChI is InChI=1S/C11H9BrF3N3O2S/c1-6-3-2-4-7(9(6)12)21(19,20)18-10-16-5-8(17-10)11(13,14)15/h2-5H,1H3,(H2,16,17,18). The first kappa shape index (κ1) is 15.8. The van der Waals surface area contributed by atoms with Gasteiger partial charge in [-0.3, -0.25) is 0 Å². The number of aromatic nitrogens is 2. The molecule has 0 aliphatic carbocycles. The van der Waals surface area contributed by atoms with Crippen molar-refractivity contribution in [2.75, 3.05) is 4.72 Å². The van der Waals surface area contributed by atoms with E-state index in [0.717, 1.165) is 0 Å². The van der Waals surface area contributed by atoms with Crippen LogP contribution in [0.25, 0.3) is 0 Å². The van der Waals surface area contributed by atoms with Gasteiger partial charge < -0.3 is 4.98 Å². The molecule has 114 valence electrons. The summed E-state index contributed by atoms with van der Waals surface area (Å²) in [6.45, 7) is 1.69. The number of hydrogen-bond donors (Lipinski definition) is 2. The molecular weight excluding hydrogens is 375 g/mol. The van der Waals surface area contributed by atoms with Crippen LogP contribution in [0.5, 0.6) is 0 Å². The highest BCUT2D eigenvalue weighted by atomic mass is 79.9. The van der Waals surface area contributed by atoms with Crippen molar-refractivity contribution in [3.63, 3.8) is 0 Å². The summed E-state index contributed by atoms with van der Waals surface area (Å²) in [6, 6.07) is 4.54. The normalized spacial score (nSPS) is 12.4. The van der Waals surface area contributed by atoms with Gasteiger partial charge in [0.1, 0.15) is 10.6 Å². The number of benzene rings is 1. The molecule has 0 saturated carbocycles. The van der Waals surface area contributed by atoms with Crippen LogP contribution in [0.3, 0.4) is 0 Å². The molecule has 2 aromatic rings. The van der Waals surface area contributed by atoms with Crippen molar-refractivity contribution in [2.45, 2.75) is 18.0 Å². The summed E-state index contributed by atoms with van der Waals surface area (Å²) >= 11 is 3.14. The van der Waals surface area contributed by atoms with Gasteiger partial charge in [0, 0.05) is 4.47 Å². The number of aryl methyl sites for hydroxylation is 1. The minimum Gasteiger partial charge on any atom is -0.320 e. The highest BCUT2D eigenvalue weighted by Gasteiger charge is 2.33. The molecule has 0 atom stereocenters. The van der Waals surface area contributed by atoms with Crippen molar-refractivity contribution in [1.82, 2.24) is 9.97 Å². The SMILES string of the molecule is Cc1cccc(S(=O)(=O)Nc2ncc(C(F)(F)F)[nH]2)c1Br. The third kappa shape index (κ3) is 3.38. The van der Waals surface area contributed by atoms with Crippen molar-refractivity contribution in [2.24, 2.45) is 0 Å². The van der Waals surface area contributed by atoms with Crippen LogP contribution >= 0.6 is 15.9 Å². The van der Waals surface area contributed by atoms with Crippen LogP contribution in [-0.2, 0) is 16.2 Å². The van der Waals surface area contributed by atoms with E-state index in [4.69, 9.17) is 0 Å². The smallest absolute Gasteiger partial charge is 0.320 e. The molecule has 0 aliphatic heterocycles. The number of rotatable bonds is 3. The third-order valence-corrected chi connectivity index (χ3v) is 5.25.